The zero-order valence-corrected chi connectivity index (χ0v) is 13.5. The molecular formula is C17H20N2O5. The van der Waals surface area contributed by atoms with Gasteiger partial charge in [0.1, 0.15) is 0 Å². The van der Waals surface area contributed by atoms with E-state index >= 15 is 0 Å². The largest absolute Gasteiger partial charge is 0.466 e. The van der Waals surface area contributed by atoms with Crippen LogP contribution in [0, 0.1) is 10.1 Å². The van der Waals surface area contributed by atoms with Crippen molar-refractivity contribution < 1.29 is 19.2 Å². The Morgan fingerprint density at radius 3 is 2.54 bits per heavy atom. The highest BCUT2D eigenvalue weighted by molar-refractivity contribution is 5.92. The van der Waals surface area contributed by atoms with Crippen LogP contribution in [0.15, 0.2) is 30.3 Å². The number of hydrogen-bond acceptors (Lipinski definition) is 5. The first-order valence-electron chi connectivity index (χ1n) is 7.90. The van der Waals surface area contributed by atoms with Crippen LogP contribution in [-0.4, -0.2) is 40.9 Å². The predicted octanol–water partition coefficient (Wildman–Crippen LogP) is 2.55. The highest BCUT2D eigenvalue weighted by atomic mass is 16.6. The number of non-ortho nitro benzene ring substituents is 1. The molecule has 0 radical (unpaired) electrons. The van der Waals surface area contributed by atoms with Gasteiger partial charge in [0, 0.05) is 30.8 Å². The van der Waals surface area contributed by atoms with E-state index in [2.05, 4.69) is 0 Å². The van der Waals surface area contributed by atoms with Crippen LogP contribution in [0.5, 0.6) is 0 Å². The smallest absolute Gasteiger partial charge is 0.307 e. The number of ether oxygens (including phenoxy) is 1. The molecule has 0 heterocycles. The summed E-state index contributed by atoms with van der Waals surface area (Å²) in [4.78, 5) is 35.6. The van der Waals surface area contributed by atoms with Crippen molar-refractivity contribution in [3.63, 3.8) is 0 Å². The summed E-state index contributed by atoms with van der Waals surface area (Å²) in [5, 5.41) is 10.6. The molecule has 0 spiro atoms. The molecule has 1 aromatic rings. The zero-order valence-electron chi connectivity index (χ0n) is 13.5. The molecule has 0 N–H and O–H groups in total. The quantitative estimate of drug-likeness (QED) is 0.316. The molecule has 2 rings (SSSR count). The third-order valence-corrected chi connectivity index (χ3v) is 3.66. The van der Waals surface area contributed by atoms with Gasteiger partial charge >= 0.3 is 5.97 Å². The van der Waals surface area contributed by atoms with E-state index in [0.717, 1.165) is 12.8 Å². The van der Waals surface area contributed by atoms with Crippen molar-refractivity contribution in [1.29, 1.82) is 0 Å². The van der Waals surface area contributed by atoms with Gasteiger partial charge in [-0.25, -0.2) is 0 Å². The van der Waals surface area contributed by atoms with Gasteiger partial charge in [-0.15, -0.1) is 0 Å². The normalized spacial score (nSPS) is 13.7. The number of esters is 1. The van der Waals surface area contributed by atoms with Crippen LogP contribution in [0.2, 0.25) is 0 Å². The van der Waals surface area contributed by atoms with Crippen molar-refractivity contribution in [3.05, 3.63) is 46.0 Å². The van der Waals surface area contributed by atoms with Crippen molar-refractivity contribution in [1.82, 2.24) is 4.90 Å². The van der Waals surface area contributed by atoms with Gasteiger partial charge in [0.2, 0.25) is 5.91 Å². The van der Waals surface area contributed by atoms with E-state index in [-0.39, 0.29) is 30.0 Å². The van der Waals surface area contributed by atoms with E-state index in [9.17, 15) is 19.7 Å². The summed E-state index contributed by atoms with van der Waals surface area (Å²) in [7, 11) is 0. The first-order chi connectivity index (χ1) is 11.5. The second kappa shape index (κ2) is 8.24. The fraction of sp³-hybridized carbons (Fsp3) is 0.412. The van der Waals surface area contributed by atoms with Gasteiger partial charge in [-0.2, -0.15) is 0 Å². The average molecular weight is 332 g/mol. The lowest BCUT2D eigenvalue weighted by atomic mass is 10.2. The first-order valence-corrected chi connectivity index (χ1v) is 7.90. The number of hydrogen-bond donors (Lipinski definition) is 0. The van der Waals surface area contributed by atoms with Crippen LogP contribution in [-0.2, 0) is 14.3 Å². The van der Waals surface area contributed by atoms with Gasteiger partial charge < -0.3 is 9.64 Å². The molecule has 7 nitrogen and oxygen atoms in total. The fourth-order valence-electron chi connectivity index (χ4n) is 2.27. The second-order valence-corrected chi connectivity index (χ2v) is 5.50. The van der Waals surface area contributed by atoms with Crippen LogP contribution >= 0.6 is 0 Å². The molecule has 1 aliphatic rings. The van der Waals surface area contributed by atoms with E-state index in [1.165, 1.54) is 18.2 Å². The van der Waals surface area contributed by atoms with Gasteiger partial charge in [-0.05, 0) is 43.5 Å². The Kier molecular flexibility index (Phi) is 6.06. The van der Waals surface area contributed by atoms with E-state index in [4.69, 9.17) is 4.74 Å². The fourth-order valence-corrected chi connectivity index (χ4v) is 2.27. The standard InChI is InChI=1S/C17H20N2O5/c1-2-24-17(21)11-12-18(14-8-9-14)16(20)10-5-13-3-6-15(7-4-13)19(22)23/h3-7,10,14H,2,8-9,11-12H2,1H3/b10-5+. The Morgan fingerprint density at radius 2 is 2.00 bits per heavy atom. The molecule has 1 saturated carbocycles. The number of benzene rings is 1. The van der Waals surface area contributed by atoms with Crippen molar-refractivity contribution >= 4 is 23.6 Å². The predicted molar refractivity (Wildman–Crippen MR) is 88.1 cm³/mol. The summed E-state index contributed by atoms with van der Waals surface area (Å²) in [6.45, 7) is 2.41. The summed E-state index contributed by atoms with van der Waals surface area (Å²) >= 11 is 0. The molecule has 128 valence electrons. The highest BCUT2D eigenvalue weighted by Gasteiger charge is 2.31. The monoisotopic (exact) mass is 332 g/mol. The Hall–Kier alpha value is -2.70. The molecule has 24 heavy (non-hydrogen) atoms. The number of nitro benzene ring substituents is 1. The van der Waals surface area contributed by atoms with Crippen LogP contribution in [0.25, 0.3) is 6.08 Å². The number of rotatable bonds is 8. The van der Waals surface area contributed by atoms with E-state index < -0.39 is 4.92 Å². The van der Waals surface area contributed by atoms with E-state index in [0.29, 0.717) is 18.7 Å². The maximum atomic E-state index is 12.3. The SMILES string of the molecule is CCOC(=O)CCN(C(=O)/C=C/c1ccc([N+](=O)[O-])cc1)C1CC1. The Morgan fingerprint density at radius 1 is 1.33 bits per heavy atom. The van der Waals surface area contributed by atoms with E-state index in [1.54, 1.807) is 30.0 Å². The molecule has 0 saturated heterocycles. The highest BCUT2D eigenvalue weighted by Crippen LogP contribution is 2.27. The van der Waals surface area contributed by atoms with Gasteiger partial charge in [0.15, 0.2) is 0 Å². The number of nitro groups is 1. The lowest BCUT2D eigenvalue weighted by molar-refractivity contribution is -0.384. The lowest BCUT2D eigenvalue weighted by Gasteiger charge is -2.20. The maximum Gasteiger partial charge on any atom is 0.307 e. The Labute approximate surface area is 140 Å². The minimum Gasteiger partial charge on any atom is -0.466 e. The second-order valence-electron chi connectivity index (χ2n) is 5.50. The minimum atomic E-state index is -0.469. The summed E-state index contributed by atoms with van der Waals surface area (Å²) < 4.78 is 4.88. The summed E-state index contributed by atoms with van der Waals surface area (Å²) in [5.74, 6) is -0.476. The van der Waals surface area contributed by atoms with Crippen molar-refractivity contribution in [2.24, 2.45) is 0 Å². The molecule has 0 unspecified atom stereocenters. The molecule has 1 amide bonds. The van der Waals surface area contributed by atoms with Crippen LogP contribution in [0.1, 0.15) is 31.7 Å². The molecule has 0 aromatic heterocycles. The van der Waals surface area contributed by atoms with Crippen molar-refractivity contribution in [2.45, 2.75) is 32.2 Å². The Bertz CT molecular complexity index is 635. The molecular weight excluding hydrogens is 312 g/mol. The molecule has 0 aliphatic heterocycles. The number of nitrogens with zero attached hydrogens (tertiary/aromatic N) is 2. The Balaban J connectivity index is 1.94. The molecule has 7 heteroatoms. The van der Waals surface area contributed by atoms with Crippen LogP contribution in [0.3, 0.4) is 0 Å². The molecule has 0 atom stereocenters. The van der Waals surface area contributed by atoms with Crippen molar-refractivity contribution in [2.75, 3.05) is 13.2 Å². The number of amides is 1. The summed E-state index contributed by atoms with van der Waals surface area (Å²) in [6, 6.07) is 6.14. The minimum absolute atomic E-state index is 0.00696. The number of carbonyl (C=O) groups is 2. The van der Waals surface area contributed by atoms with Gasteiger partial charge in [-0.3, -0.25) is 19.7 Å². The van der Waals surface area contributed by atoms with Gasteiger partial charge in [0.25, 0.3) is 5.69 Å². The topological polar surface area (TPSA) is 89.8 Å². The van der Waals surface area contributed by atoms with Crippen LogP contribution in [0.4, 0.5) is 5.69 Å². The molecule has 0 bridgehead atoms. The zero-order chi connectivity index (χ0) is 17.5. The lowest BCUT2D eigenvalue weighted by Crippen LogP contribution is -2.33. The number of carbonyl (C=O) groups excluding carboxylic acids is 2. The third kappa shape index (κ3) is 5.19. The first kappa shape index (κ1) is 17.7. The third-order valence-electron chi connectivity index (χ3n) is 3.66. The molecule has 1 aromatic carbocycles. The summed E-state index contributed by atoms with van der Waals surface area (Å²) in [5.41, 5.74) is 0.711. The molecule has 1 fully saturated rings. The van der Waals surface area contributed by atoms with Gasteiger partial charge in [-0.1, -0.05) is 0 Å². The average Bonchev–Trinajstić information content (AvgIpc) is 3.38. The molecule has 1 aliphatic carbocycles. The van der Waals surface area contributed by atoms with Crippen LogP contribution < -0.4 is 0 Å². The van der Waals surface area contributed by atoms with E-state index in [1.807, 2.05) is 0 Å². The summed E-state index contributed by atoms with van der Waals surface area (Å²) in [6.07, 6.45) is 5.12. The van der Waals surface area contributed by atoms with Crippen molar-refractivity contribution in [3.8, 4) is 0 Å². The maximum absolute atomic E-state index is 12.3. The van der Waals surface area contributed by atoms with Gasteiger partial charge in [0.05, 0.1) is 18.0 Å².